The fourth-order valence-electron chi connectivity index (χ4n) is 3.04. The smallest absolute Gasteiger partial charge is 0.270 e. The molecule has 9 heteroatoms. The van der Waals surface area contributed by atoms with Crippen molar-refractivity contribution in [3.63, 3.8) is 0 Å². The minimum absolute atomic E-state index is 0.00809. The van der Waals surface area contributed by atoms with Crippen LogP contribution in [0.25, 0.3) is 6.08 Å². The first-order valence-corrected chi connectivity index (χ1v) is 10.6. The molecule has 1 fully saturated rings. The SMILES string of the molecule is Cc1cc(OCc2ccc(/C=C3\C(=O)NC(=S)N(c4ccc(Cl)cc4)C3=O)o2)ccc1Cl. The van der Waals surface area contributed by atoms with Crippen molar-refractivity contribution < 1.29 is 18.7 Å². The summed E-state index contributed by atoms with van der Waals surface area (Å²) in [7, 11) is 0. The largest absolute Gasteiger partial charge is 0.486 e. The first-order chi connectivity index (χ1) is 15.3. The van der Waals surface area contributed by atoms with Crippen LogP contribution in [-0.4, -0.2) is 16.9 Å². The monoisotopic (exact) mass is 486 g/mol. The van der Waals surface area contributed by atoms with Crippen LogP contribution in [0.4, 0.5) is 5.69 Å². The second-order valence-corrected chi connectivity index (χ2v) is 8.17. The fourth-order valence-corrected chi connectivity index (χ4v) is 3.56. The molecule has 32 heavy (non-hydrogen) atoms. The van der Waals surface area contributed by atoms with Gasteiger partial charge in [-0.1, -0.05) is 23.2 Å². The molecule has 1 aliphatic heterocycles. The van der Waals surface area contributed by atoms with Gasteiger partial charge in [-0.25, -0.2) is 0 Å². The van der Waals surface area contributed by atoms with Crippen LogP contribution in [0.2, 0.25) is 10.0 Å². The number of furan rings is 1. The Hall–Kier alpha value is -3.13. The van der Waals surface area contributed by atoms with Gasteiger partial charge in [0.25, 0.3) is 11.8 Å². The maximum atomic E-state index is 13.0. The van der Waals surface area contributed by atoms with Crippen molar-refractivity contribution in [1.29, 1.82) is 0 Å². The summed E-state index contributed by atoms with van der Waals surface area (Å²) >= 11 is 17.1. The van der Waals surface area contributed by atoms with Crippen LogP contribution in [0.1, 0.15) is 17.1 Å². The lowest BCUT2D eigenvalue weighted by Crippen LogP contribution is -2.54. The first kappa shape index (κ1) is 22.1. The number of hydrogen-bond donors (Lipinski definition) is 1. The van der Waals surface area contributed by atoms with E-state index in [0.29, 0.717) is 33.0 Å². The number of thiocarbonyl (C=S) groups is 1. The molecule has 0 saturated carbocycles. The van der Waals surface area contributed by atoms with Gasteiger partial charge in [0.05, 0.1) is 5.69 Å². The van der Waals surface area contributed by atoms with Gasteiger partial charge in [0.1, 0.15) is 29.4 Å². The van der Waals surface area contributed by atoms with Gasteiger partial charge in [-0.2, -0.15) is 0 Å². The molecule has 4 rings (SSSR count). The van der Waals surface area contributed by atoms with E-state index < -0.39 is 11.8 Å². The van der Waals surface area contributed by atoms with Crippen LogP contribution in [-0.2, 0) is 16.2 Å². The van der Waals surface area contributed by atoms with Gasteiger partial charge in [0.2, 0.25) is 0 Å². The maximum absolute atomic E-state index is 13.0. The summed E-state index contributed by atoms with van der Waals surface area (Å²) in [5.74, 6) is 0.344. The maximum Gasteiger partial charge on any atom is 0.270 e. The highest BCUT2D eigenvalue weighted by Crippen LogP contribution is 2.25. The van der Waals surface area contributed by atoms with E-state index in [4.69, 9.17) is 44.6 Å². The molecule has 2 amide bonds. The Morgan fingerprint density at radius 1 is 1.09 bits per heavy atom. The van der Waals surface area contributed by atoms with Crippen LogP contribution in [0, 0.1) is 6.92 Å². The number of hydrogen-bond acceptors (Lipinski definition) is 5. The minimum atomic E-state index is -0.601. The number of carbonyl (C=O) groups is 2. The fraction of sp³-hybridized carbons (Fsp3) is 0.0870. The molecule has 2 aromatic carbocycles. The quantitative estimate of drug-likeness (QED) is 0.300. The number of aryl methyl sites for hydroxylation is 1. The summed E-state index contributed by atoms with van der Waals surface area (Å²) in [6.45, 7) is 2.06. The van der Waals surface area contributed by atoms with Gasteiger partial charge >= 0.3 is 0 Å². The zero-order valence-electron chi connectivity index (χ0n) is 16.7. The average molecular weight is 487 g/mol. The Labute approximate surface area is 199 Å². The molecular formula is C23H16Cl2N2O4S. The number of carbonyl (C=O) groups excluding carboxylic acids is 2. The molecule has 0 spiro atoms. The van der Waals surface area contributed by atoms with Crippen molar-refractivity contribution in [1.82, 2.24) is 5.32 Å². The molecule has 6 nitrogen and oxygen atoms in total. The predicted molar refractivity (Wildman–Crippen MR) is 127 cm³/mol. The number of nitrogens with one attached hydrogen (secondary N) is 1. The van der Waals surface area contributed by atoms with Crippen LogP contribution < -0.4 is 15.0 Å². The van der Waals surface area contributed by atoms with Gasteiger partial charge in [-0.05, 0) is 85.4 Å². The second kappa shape index (κ2) is 9.16. The van der Waals surface area contributed by atoms with E-state index in [1.807, 2.05) is 13.0 Å². The van der Waals surface area contributed by atoms with E-state index in [1.54, 1.807) is 48.5 Å². The number of rotatable bonds is 5. The summed E-state index contributed by atoms with van der Waals surface area (Å²) in [6, 6.07) is 15.3. The predicted octanol–water partition coefficient (Wildman–Crippen LogP) is 5.31. The first-order valence-electron chi connectivity index (χ1n) is 9.46. The van der Waals surface area contributed by atoms with Crippen LogP contribution in [0.15, 0.2) is 64.6 Å². The molecule has 1 saturated heterocycles. The molecule has 0 aliphatic carbocycles. The number of anilines is 1. The Morgan fingerprint density at radius 3 is 2.56 bits per heavy atom. The Balaban J connectivity index is 1.52. The Bertz CT molecular complexity index is 1250. The van der Waals surface area contributed by atoms with Crippen LogP contribution >= 0.6 is 35.4 Å². The lowest BCUT2D eigenvalue weighted by molar-refractivity contribution is -0.122. The van der Waals surface area contributed by atoms with Crippen molar-refractivity contribution in [3.8, 4) is 5.75 Å². The lowest BCUT2D eigenvalue weighted by Gasteiger charge is -2.28. The third kappa shape index (κ3) is 4.70. The highest BCUT2D eigenvalue weighted by atomic mass is 35.5. The molecule has 1 N–H and O–H groups in total. The van der Waals surface area contributed by atoms with Crippen molar-refractivity contribution in [3.05, 3.63) is 87.3 Å². The highest BCUT2D eigenvalue weighted by molar-refractivity contribution is 7.80. The van der Waals surface area contributed by atoms with E-state index in [1.165, 1.54) is 11.0 Å². The molecular weight excluding hydrogens is 471 g/mol. The van der Waals surface area contributed by atoms with Gasteiger partial charge in [0.15, 0.2) is 5.11 Å². The molecule has 162 valence electrons. The lowest BCUT2D eigenvalue weighted by atomic mass is 10.1. The third-order valence-electron chi connectivity index (χ3n) is 4.67. The molecule has 1 aliphatic rings. The standard InChI is InChI=1S/C23H16Cl2N2O4S/c1-13-10-16(8-9-20(13)25)30-12-18-7-6-17(31-18)11-19-21(28)26-23(32)27(22(19)29)15-4-2-14(24)3-5-15/h2-11H,12H2,1H3,(H,26,28,32)/b19-11+. The highest BCUT2D eigenvalue weighted by Gasteiger charge is 2.34. The van der Waals surface area contributed by atoms with Gasteiger partial charge in [-0.3, -0.25) is 19.8 Å². The number of benzene rings is 2. The number of ether oxygens (including phenoxy) is 1. The van der Waals surface area contributed by atoms with E-state index >= 15 is 0 Å². The zero-order chi connectivity index (χ0) is 22.8. The summed E-state index contributed by atoms with van der Waals surface area (Å²) < 4.78 is 11.4. The topological polar surface area (TPSA) is 71.8 Å². The summed E-state index contributed by atoms with van der Waals surface area (Å²) in [6.07, 6.45) is 1.37. The van der Waals surface area contributed by atoms with Crippen LogP contribution in [0.3, 0.4) is 0 Å². The number of nitrogens with zero attached hydrogens (tertiary/aromatic N) is 1. The van der Waals surface area contributed by atoms with Crippen LogP contribution in [0.5, 0.6) is 5.75 Å². The Kier molecular flexibility index (Phi) is 6.32. The van der Waals surface area contributed by atoms with E-state index in [2.05, 4.69) is 5.32 Å². The molecule has 2 heterocycles. The van der Waals surface area contributed by atoms with E-state index in [0.717, 1.165) is 5.56 Å². The molecule has 0 atom stereocenters. The summed E-state index contributed by atoms with van der Waals surface area (Å²) in [4.78, 5) is 26.7. The molecule has 0 bridgehead atoms. The molecule has 0 radical (unpaired) electrons. The summed E-state index contributed by atoms with van der Waals surface area (Å²) in [5, 5.41) is 3.69. The van der Waals surface area contributed by atoms with Crippen molar-refractivity contribution >= 4 is 64.1 Å². The van der Waals surface area contributed by atoms with Gasteiger partial charge < -0.3 is 9.15 Å². The zero-order valence-corrected chi connectivity index (χ0v) is 19.1. The molecule has 1 aromatic heterocycles. The normalized spacial score (nSPS) is 15.3. The molecule has 0 unspecified atom stereocenters. The Morgan fingerprint density at radius 2 is 1.84 bits per heavy atom. The number of halogens is 2. The van der Waals surface area contributed by atoms with E-state index in [-0.39, 0.29) is 17.3 Å². The average Bonchev–Trinajstić information content (AvgIpc) is 3.21. The minimum Gasteiger partial charge on any atom is -0.486 e. The van der Waals surface area contributed by atoms with Crippen molar-refractivity contribution in [2.75, 3.05) is 4.90 Å². The van der Waals surface area contributed by atoms with Crippen molar-refractivity contribution in [2.45, 2.75) is 13.5 Å². The van der Waals surface area contributed by atoms with Crippen molar-refractivity contribution in [2.24, 2.45) is 0 Å². The molecule has 3 aromatic rings. The third-order valence-corrected chi connectivity index (χ3v) is 5.63. The number of amides is 2. The van der Waals surface area contributed by atoms with E-state index in [9.17, 15) is 9.59 Å². The van der Waals surface area contributed by atoms with Gasteiger partial charge in [-0.15, -0.1) is 0 Å². The summed E-state index contributed by atoms with van der Waals surface area (Å²) in [5.41, 5.74) is 1.28. The second-order valence-electron chi connectivity index (χ2n) is 6.94. The van der Waals surface area contributed by atoms with Gasteiger partial charge in [0, 0.05) is 10.0 Å².